The minimum absolute atomic E-state index is 0.0423. The molecule has 1 fully saturated rings. The average Bonchev–Trinajstić information content (AvgIpc) is 2.93. The number of carbonyl (C=O) groups excluding carboxylic acids is 1. The van der Waals surface area contributed by atoms with Crippen LogP contribution in [0.15, 0.2) is 30.4 Å². The van der Waals surface area contributed by atoms with Crippen LogP contribution in [0.5, 0.6) is 5.75 Å². The molecule has 0 radical (unpaired) electrons. The first-order valence-electron chi connectivity index (χ1n) is 9.73. The van der Waals surface area contributed by atoms with Crippen LogP contribution < -0.4 is 4.74 Å². The molecule has 8 heteroatoms. The molecule has 1 aliphatic carbocycles. The molecule has 2 N–H and O–H groups in total. The van der Waals surface area contributed by atoms with Crippen molar-refractivity contribution in [1.82, 2.24) is 0 Å². The predicted octanol–water partition coefficient (Wildman–Crippen LogP) is 4.63. The Morgan fingerprint density at radius 2 is 1.90 bits per heavy atom. The number of ether oxygens (including phenoxy) is 2. The Morgan fingerprint density at radius 3 is 2.59 bits per heavy atom. The van der Waals surface area contributed by atoms with E-state index in [0.717, 1.165) is 12.8 Å². The average molecular weight is 466 g/mol. The molecule has 162 valence electrons. The highest BCUT2D eigenvalue weighted by molar-refractivity contribution is 6.34. The van der Waals surface area contributed by atoms with E-state index in [1.165, 1.54) is 0 Å². The van der Waals surface area contributed by atoms with E-state index >= 15 is 0 Å². The summed E-state index contributed by atoms with van der Waals surface area (Å²) in [5, 5.41) is 19.9. The second-order valence-corrected chi connectivity index (χ2v) is 8.54. The lowest BCUT2D eigenvalue weighted by Crippen LogP contribution is -2.27. The topological polar surface area (TPSA) is 76.0 Å². The molecule has 5 nitrogen and oxygen atoms in total. The monoisotopic (exact) mass is 464 g/mol. The molecule has 0 spiro atoms. The van der Waals surface area contributed by atoms with Crippen LogP contribution in [0.4, 0.5) is 0 Å². The van der Waals surface area contributed by atoms with Gasteiger partial charge in [-0.3, -0.25) is 4.79 Å². The van der Waals surface area contributed by atoms with E-state index in [0.29, 0.717) is 41.7 Å². The molecule has 0 saturated heterocycles. The van der Waals surface area contributed by atoms with Gasteiger partial charge in [-0.2, -0.15) is 0 Å². The number of hydrogen-bond donors (Lipinski definition) is 2. The molecule has 2 rings (SSSR count). The fourth-order valence-corrected chi connectivity index (χ4v) is 4.44. The smallest absolute Gasteiger partial charge is 0.305 e. The largest absolute Gasteiger partial charge is 0.493 e. The summed E-state index contributed by atoms with van der Waals surface area (Å²) in [5.74, 6) is 0.265. The van der Waals surface area contributed by atoms with Crippen LogP contribution in [-0.2, 0) is 9.53 Å². The van der Waals surface area contributed by atoms with E-state index in [1.807, 2.05) is 12.2 Å². The number of aliphatic hydroxyl groups is 2. The SMILES string of the molecule is O=C(CCCC=CC[C@@H]1[C@@H](COc2cc(Cl)cc(Cl)c2)[C@H](O)C[C@H]1Cl)OCCO. The molecular weight excluding hydrogens is 439 g/mol. The van der Waals surface area contributed by atoms with Crippen molar-refractivity contribution in [2.45, 2.75) is 43.6 Å². The summed E-state index contributed by atoms with van der Waals surface area (Å²) in [6.45, 7) is 0.213. The second kappa shape index (κ2) is 12.7. The first-order valence-corrected chi connectivity index (χ1v) is 10.9. The Kier molecular flexibility index (Phi) is 10.6. The van der Waals surface area contributed by atoms with Crippen LogP contribution in [-0.4, -0.2) is 47.5 Å². The lowest BCUT2D eigenvalue weighted by Gasteiger charge is -2.22. The quantitative estimate of drug-likeness (QED) is 0.216. The van der Waals surface area contributed by atoms with Gasteiger partial charge in [-0.1, -0.05) is 35.4 Å². The van der Waals surface area contributed by atoms with Gasteiger partial charge in [-0.05, 0) is 49.8 Å². The maximum atomic E-state index is 11.4. The summed E-state index contributed by atoms with van der Waals surface area (Å²) in [4.78, 5) is 11.4. The molecule has 1 aliphatic rings. The highest BCUT2D eigenvalue weighted by Gasteiger charge is 2.41. The Bertz CT molecular complexity index is 662. The van der Waals surface area contributed by atoms with Crippen molar-refractivity contribution in [3.63, 3.8) is 0 Å². The van der Waals surface area contributed by atoms with E-state index in [1.54, 1.807) is 18.2 Å². The van der Waals surface area contributed by atoms with Crippen LogP contribution in [0, 0.1) is 11.8 Å². The number of allylic oxidation sites excluding steroid dienone is 2. The van der Waals surface area contributed by atoms with Gasteiger partial charge in [0.1, 0.15) is 12.4 Å². The first-order chi connectivity index (χ1) is 13.9. The van der Waals surface area contributed by atoms with E-state index < -0.39 is 6.10 Å². The highest BCUT2D eigenvalue weighted by atomic mass is 35.5. The van der Waals surface area contributed by atoms with Gasteiger partial charge in [0.25, 0.3) is 0 Å². The van der Waals surface area contributed by atoms with Crippen molar-refractivity contribution in [2.75, 3.05) is 19.8 Å². The summed E-state index contributed by atoms with van der Waals surface area (Å²) in [5.41, 5.74) is 0. The number of halogens is 3. The first kappa shape index (κ1) is 24.3. The Morgan fingerprint density at radius 1 is 1.17 bits per heavy atom. The zero-order valence-corrected chi connectivity index (χ0v) is 18.4. The number of rotatable bonds is 11. The molecule has 0 bridgehead atoms. The third kappa shape index (κ3) is 8.35. The number of benzene rings is 1. The number of carbonyl (C=O) groups is 1. The summed E-state index contributed by atoms with van der Waals surface area (Å²) < 4.78 is 10.6. The summed E-state index contributed by atoms with van der Waals surface area (Å²) in [6.07, 6.45) is 6.54. The van der Waals surface area contributed by atoms with Crippen LogP contribution in [0.1, 0.15) is 32.1 Å². The van der Waals surface area contributed by atoms with E-state index in [-0.39, 0.29) is 36.4 Å². The number of alkyl halides is 1. The molecule has 4 atom stereocenters. The van der Waals surface area contributed by atoms with Gasteiger partial charge in [0.15, 0.2) is 0 Å². The van der Waals surface area contributed by atoms with Crippen LogP contribution >= 0.6 is 34.8 Å². The van der Waals surface area contributed by atoms with E-state index in [4.69, 9.17) is 49.4 Å². The fourth-order valence-electron chi connectivity index (χ4n) is 3.46. The third-order valence-corrected chi connectivity index (χ3v) is 5.87. The van der Waals surface area contributed by atoms with Crippen LogP contribution in [0.3, 0.4) is 0 Å². The van der Waals surface area contributed by atoms with Gasteiger partial charge in [0.2, 0.25) is 0 Å². The summed E-state index contributed by atoms with van der Waals surface area (Å²) in [7, 11) is 0. The Balaban J connectivity index is 1.79. The minimum atomic E-state index is -0.521. The summed E-state index contributed by atoms with van der Waals surface area (Å²) in [6, 6.07) is 5.01. The molecular formula is C21H27Cl3O5. The molecule has 0 amide bonds. The fraction of sp³-hybridized carbons (Fsp3) is 0.571. The van der Waals surface area contributed by atoms with E-state index in [2.05, 4.69) is 0 Å². The Hall–Kier alpha value is -0.980. The predicted molar refractivity (Wildman–Crippen MR) is 115 cm³/mol. The maximum absolute atomic E-state index is 11.4. The number of aliphatic hydroxyl groups excluding tert-OH is 2. The lowest BCUT2D eigenvalue weighted by molar-refractivity contribution is -0.144. The van der Waals surface area contributed by atoms with E-state index in [9.17, 15) is 9.90 Å². The van der Waals surface area contributed by atoms with Gasteiger partial charge in [-0.15, -0.1) is 11.6 Å². The Labute approximate surface area is 186 Å². The van der Waals surface area contributed by atoms with Gasteiger partial charge in [0, 0.05) is 27.8 Å². The number of esters is 1. The van der Waals surface area contributed by atoms with Gasteiger partial charge >= 0.3 is 5.97 Å². The molecule has 1 aromatic rings. The normalized spacial score (nSPS) is 24.2. The van der Waals surface area contributed by atoms with Gasteiger partial charge in [-0.25, -0.2) is 0 Å². The van der Waals surface area contributed by atoms with Crippen molar-refractivity contribution >= 4 is 40.8 Å². The molecule has 29 heavy (non-hydrogen) atoms. The van der Waals surface area contributed by atoms with Crippen molar-refractivity contribution in [3.8, 4) is 5.75 Å². The number of unbranched alkanes of at least 4 members (excludes halogenated alkanes) is 1. The molecule has 0 aliphatic heterocycles. The van der Waals surface area contributed by atoms with Crippen molar-refractivity contribution in [1.29, 1.82) is 0 Å². The second-order valence-electron chi connectivity index (χ2n) is 7.11. The highest BCUT2D eigenvalue weighted by Crippen LogP contribution is 2.39. The molecule has 0 aromatic heterocycles. The zero-order valence-electron chi connectivity index (χ0n) is 16.1. The molecule has 0 heterocycles. The van der Waals surface area contributed by atoms with Crippen LogP contribution in [0.25, 0.3) is 0 Å². The van der Waals surface area contributed by atoms with Gasteiger partial charge in [0.05, 0.1) is 19.3 Å². The third-order valence-electron chi connectivity index (χ3n) is 4.93. The van der Waals surface area contributed by atoms with Crippen molar-refractivity contribution in [2.24, 2.45) is 11.8 Å². The number of hydrogen-bond acceptors (Lipinski definition) is 5. The lowest BCUT2D eigenvalue weighted by atomic mass is 9.92. The maximum Gasteiger partial charge on any atom is 0.305 e. The van der Waals surface area contributed by atoms with Crippen molar-refractivity contribution < 1.29 is 24.5 Å². The zero-order chi connectivity index (χ0) is 21.2. The van der Waals surface area contributed by atoms with Gasteiger partial charge < -0.3 is 19.7 Å². The van der Waals surface area contributed by atoms with Crippen molar-refractivity contribution in [3.05, 3.63) is 40.4 Å². The molecule has 0 unspecified atom stereocenters. The van der Waals surface area contributed by atoms with Crippen LogP contribution in [0.2, 0.25) is 10.0 Å². The minimum Gasteiger partial charge on any atom is -0.493 e. The summed E-state index contributed by atoms with van der Waals surface area (Å²) >= 11 is 18.5. The molecule has 1 saturated carbocycles. The molecule has 1 aromatic carbocycles. The standard InChI is InChI=1S/C21H27Cl3O5/c22-14-9-15(23)11-16(10-14)29-13-18-17(19(24)12-20(18)26)5-3-1-2-4-6-21(27)28-8-7-25/h1,3,9-11,17-20,25-26H,2,4-8,12-13H2/t17-,18-,19-,20-/m1/s1.